The molecule has 3 N–H and O–H groups in total. The first kappa shape index (κ1) is 29.3. The zero-order valence-corrected chi connectivity index (χ0v) is 23.0. The molecule has 0 aliphatic carbocycles. The highest BCUT2D eigenvalue weighted by atomic mass is 16.5. The molecule has 0 unspecified atom stereocenters. The van der Waals surface area contributed by atoms with E-state index in [0.717, 1.165) is 0 Å². The van der Waals surface area contributed by atoms with E-state index in [1.165, 1.54) is 54.6 Å². The third kappa shape index (κ3) is 6.02. The van der Waals surface area contributed by atoms with Crippen molar-refractivity contribution in [3.63, 3.8) is 0 Å². The summed E-state index contributed by atoms with van der Waals surface area (Å²) in [5, 5.41) is 32.2. The van der Waals surface area contributed by atoms with Crippen LogP contribution in [0.15, 0.2) is 115 Å². The van der Waals surface area contributed by atoms with Crippen molar-refractivity contribution in [2.45, 2.75) is 6.61 Å². The van der Waals surface area contributed by atoms with Gasteiger partial charge in [-0.2, -0.15) is 0 Å². The highest BCUT2D eigenvalue weighted by Crippen LogP contribution is 2.46. The molecule has 0 aromatic heterocycles. The van der Waals surface area contributed by atoms with Gasteiger partial charge in [-0.05, 0) is 29.8 Å². The number of rotatable bonds is 9. The number of hydrogen-bond donors (Lipinski definition) is 3. The number of carbonyl (C=O) groups excluding carboxylic acids is 4. The summed E-state index contributed by atoms with van der Waals surface area (Å²) < 4.78 is 10.9. The normalized spacial score (nSPS) is 10.5. The first-order valence-corrected chi connectivity index (χ1v) is 13.3. The average molecular weight is 589 g/mol. The zero-order chi connectivity index (χ0) is 31.2. The van der Waals surface area contributed by atoms with E-state index in [1.807, 2.05) is 0 Å². The Bertz CT molecular complexity index is 1870. The SMILES string of the molecule is O=C(Oc1c(O)c(O)c(C(=O)c2ccccc2)c(C(=O)OCc2cccc(O)c2)c1C(=O)c1ccccc1)c1ccccc1. The van der Waals surface area contributed by atoms with Crippen molar-refractivity contribution < 1.29 is 44.0 Å². The molecular weight excluding hydrogens is 564 g/mol. The molecule has 0 aliphatic heterocycles. The largest absolute Gasteiger partial charge is 0.508 e. The molecule has 5 aromatic carbocycles. The van der Waals surface area contributed by atoms with Crippen LogP contribution in [-0.2, 0) is 11.3 Å². The lowest BCUT2D eigenvalue weighted by Crippen LogP contribution is -2.21. The quantitative estimate of drug-likeness (QED) is 0.0836. The van der Waals surface area contributed by atoms with E-state index in [2.05, 4.69) is 0 Å². The number of carbonyl (C=O) groups is 4. The maximum atomic E-state index is 14.1. The van der Waals surface area contributed by atoms with Gasteiger partial charge in [0, 0.05) is 11.1 Å². The molecule has 0 heterocycles. The molecule has 0 spiro atoms. The maximum Gasteiger partial charge on any atom is 0.343 e. The summed E-state index contributed by atoms with van der Waals surface area (Å²) in [7, 11) is 0. The summed E-state index contributed by atoms with van der Waals surface area (Å²) in [5.74, 6) is -7.17. The Labute approximate surface area is 251 Å². The van der Waals surface area contributed by atoms with Crippen LogP contribution >= 0.6 is 0 Å². The van der Waals surface area contributed by atoms with Crippen molar-refractivity contribution >= 4 is 23.5 Å². The Kier molecular flexibility index (Phi) is 8.48. The van der Waals surface area contributed by atoms with Crippen molar-refractivity contribution in [1.29, 1.82) is 0 Å². The Balaban J connectivity index is 1.75. The number of esters is 2. The fraction of sp³-hybridized carbons (Fsp3) is 0.0286. The standard InChI is InChI=1S/C35H24O9/c36-25-18-10-11-21(19-25)20-43-35(42)26-27(29(37)22-12-4-1-5-13-22)31(39)32(40)33(44-34(41)24-16-8-3-9-17-24)28(26)30(38)23-14-6-2-7-15-23/h1-19,36,39-40H,20H2. The summed E-state index contributed by atoms with van der Waals surface area (Å²) in [6.45, 7) is -0.397. The topological polar surface area (TPSA) is 147 Å². The van der Waals surface area contributed by atoms with Crippen molar-refractivity contribution in [3.05, 3.63) is 154 Å². The maximum absolute atomic E-state index is 14.1. The molecule has 5 rings (SSSR count). The number of aromatic hydroxyl groups is 3. The van der Waals surface area contributed by atoms with Crippen LogP contribution in [0.1, 0.15) is 58.1 Å². The highest BCUT2D eigenvalue weighted by Gasteiger charge is 2.37. The second-order valence-corrected chi connectivity index (χ2v) is 9.54. The molecule has 0 bridgehead atoms. The van der Waals surface area contributed by atoms with Crippen LogP contribution in [-0.4, -0.2) is 38.8 Å². The minimum atomic E-state index is -1.24. The molecule has 0 saturated carbocycles. The van der Waals surface area contributed by atoms with Crippen molar-refractivity contribution in [1.82, 2.24) is 0 Å². The number of phenolic OH excluding ortho intramolecular Hbond substituents is 3. The van der Waals surface area contributed by atoms with Crippen molar-refractivity contribution in [2.24, 2.45) is 0 Å². The van der Waals surface area contributed by atoms with Gasteiger partial charge in [-0.1, -0.05) is 91.0 Å². The summed E-state index contributed by atoms with van der Waals surface area (Å²) in [6.07, 6.45) is 0. The highest BCUT2D eigenvalue weighted by molar-refractivity contribution is 6.24. The zero-order valence-electron chi connectivity index (χ0n) is 23.0. The van der Waals surface area contributed by atoms with Crippen LogP contribution in [0.25, 0.3) is 0 Å². The number of ether oxygens (including phenoxy) is 2. The molecule has 44 heavy (non-hydrogen) atoms. The van der Waals surface area contributed by atoms with Gasteiger partial charge in [0.1, 0.15) is 12.4 Å². The number of hydrogen-bond acceptors (Lipinski definition) is 9. The van der Waals surface area contributed by atoms with E-state index >= 15 is 0 Å². The molecule has 0 atom stereocenters. The number of ketones is 2. The number of phenols is 3. The van der Waals surface area contributed by atoms with Crippen LogP contribution in [0.4, 0.5) is 0 Å². The second-order valence-electron chi connectivity index (χ2n) is 9.54. The smallest absolute Gasteiger partial charge is 0.343 e. The minimum Gasteiger partial charge on any atom is -0.508 e. The summed E-state index contributed by atoms with van der Waals surface area (Å²) in [4.78, 5) is 54.9. The van der Waals surface area contributed by atoms with Crippen LogP contribution in [0.5, 0.6) is 23.0 Å². The average Bonchev–Trinajstić information content (AvgIpc) is 3.06. The summed E-state index contributed by atoms with van der Waals surface area (Å²) in [5.41, 5.74) is -1.65. The summed E-state index contributed by atoms with van der Waals surface area (Å²) in [6, 6.07) is 28.7. The fourth-order valence-corrected chi connectivity index (χ4v) is 4.50. The Morgan fingerprint density at radius 3 is 1.59 bits per heavy atom. The molecule has 218 valence electrons. The second kappa shape index (κ2) is 12.7. The van der Waals surface area contributed by atoms with Crippen LogP contribution in [0, 0.1) is 0 Å². The Morgan fingerprint density at radius 1 is 0.523 bits per heavy atom. The molecule has 0 saturated heterocycles. The van der Waals surface area contributed by atoms with Gasteiger partial charge < -0.3 is 24.8 Å². The van der Waals surface area contributed by atoms with Crippen molar-refractivity contribution in [2.75, 3.05) is 0 Å². The molecule has 0 radical (unpaired) electrons. The number of benzene rings is 5. The predicted molar refractivity (Wildman–Crippen MR) is 158 cm³/mol. The molecule has 0 amide bonds. The molecule has 5 aromatic rings. The van der Waals surface area contributed by atoms with E-state index in [9.17, 15) is 34.5 Å². The van der Waals surface area contributed by atoms with Crippen LogP contribution < -0.4 is 4.74 Å². The first-order valence-electron chi connectivity index (χ1n) is 13.3. The van der Waals surface area contributed by atoms with Gasteiger partial charge in [0.15, 0.2) is 23.1 Å². The van der Waals surface area contributed by atoms with Crippen LogP contribution in [0.2, 0.25) is 0 Å². The third-order valence-corrected chi connectivity index (χ3v) is 6.62. The monoisotopic (exact) mass is 588 g/mol. The van der Waals surface area contributed by atoms with E-state index in [0.29, 0.717) is 5.56 Å². The molecular formula is C35H24O9. The van der Waals surface area contributed by atoms with Gasteiger partial charge in [-0.15, -0.1) is 0 Å². The van der Waals surface area contributed by atoms with Gasteiger partial charge in [-0.25, -0.2) is 9.59 Å². The summed E-state index contributed by atoms with van der Waals surface area (Å²) >= 11 is 0. The molecule has 9 nitrogen and oxygen atoms in total. The van der Waals surface area contributed by atoms with Gasteiger partial charge in [-0.3, -0.25) is 9.59 Å². The van der Waals surface area contributed by atoms with E-state index in [1.54, 1.807) is 60.7 Å². The lowest BCUT2D eigenvalue weighted by Gasteiger charge is -2.20. The molecule has 0 aliphatic rings. The Morgan fingerprint density at radius 2 is 1.05 bits per heavy atom. The Hall–Kier alpha value is -6.22. The first-order chi connectivity index (χ1) is 21.3. The third-order valence-electron chi connectivity index (χ3n) is 6.62. The fourth-order valence-electron chi connectivity index (χ4n) is 4.50. The van der Waals surface area contributed by atoms with E-state index in [-0.39, 0.29) is 22.4 Å². The predicted octanol–water partition coefficient (Wildman–Crippen LogP) is 5.84. The lowest BCUT2D eigenvalue weighted by atomic mass is 9.88. The van der Waals surface area contributed by atoms with E-state index in [4.69, 9.17) is 9.47 Å². The molecule has 0 fully saturated rings. The minimum absolute atomic E-state index is 0.0229. The van der Waals surface area contributed by atoms with Gasteiger partial charge in [0.05, 0.1) is 22.3 Å². The van der Waals surface area contributed by atoms with Crippen molar-refractivity contribution in [3.8, 4) is 23.0 Å². The van der Waals surface area contributed by atoms with Gasteiger partial charge in [0.2, 0.25) is 5.75 Å². The lowest BCUT2D eigenvalue weighted by molar-refractivity contribution is 0.0464. The van der Waals surface area contributed by atoms with E-state index < -0.39 is 64.1 Å². The molecule has 9 heteroatoms. The van der Waals surface area contributed by atoms with Crippen LogP contribution in [0.3, 0.4) is 0 Å². The van der Waals surface area contributed by atoms with Gasteiger partial charge in [0.25, 0.3) is 0 Å². The van der Waals surface area contributed by atoms with Gasteiger partial charge >= 0.3 is 11.9 Å².